The third kappa shape index (κ3) is 3.36. The van der Waals surface area contributed by atoms with E-state index in [2.05, 4.69) is 5.10 Å². The minimum absolute atomic E-state index is 0.139. The number of carbonyl (C=O) groups excluding carboxylic acids is 1. The summed E-state index contributed by atoms with van der Waals surface area (Å²) in [5, 5.41) is 17.1. The number of rotatable bonds is 4. The Bertz CT molecular complexity index is 858. The summed E-state index contributed by atoms with van der Waals surface area (Å²) in [6, 6.07) is 15.4. The standard InChI is InChI=1S/C19H19N3O2S/c23-18(12-16-7-4-10-25-16)21-8-9-22-15(13-21)11-17(20-22)19(24)14-5-2-1-3-6-14/h1-7,10-11,19,24H,8-9,12-13H2/t19-/m0/s1. The van der Waals surface area contributed by atoms with Crippen LogP contribution in [0, 0.1) is 0 Å². The molecule has 5 nitrogen and oxygen atoms in total. The van der Waals surface area contributed by atoms with Gasteiger partial charge in [-0.05, 0) is 23.1 Å². The van der Waals surface area contributed by atoms with Gasteiger partial charge in [-0.3, -0.25) is 9.48 Å². The van der Waals surface area contributed by atoms with Crippen molar-refractivity contribution in [3.05, 3.63) is 75.7 Å². The van der Waals surface area contributed by atoms with Crippen LogP contribution < -0.4 is 0 Å². The maximum absolute atomic E-state index is 12.5. The van der Waals surface area contributed by atoms with Crippen molar-refractivity contribution in [3.63, 3.8) is 0 Å². The molecular weight excluding hydrogens is 334 g/mol. The van der Waals surface area contributed by atoms with Gasteiger partial charge in [-0.1, -0.05) is 36.4 Å². The lowest BCUT2D eigenvalue weighted by Crippen LogP contribution is -2.39. The molecule has 128 valence electrons. The highest BCUT2D eigenvalue weighted by Gasteiger charge is 2.24. The molecule has 3 heterocycles. The highest BCUT2D eigenvalue weighted by atomic mass is 32.1. The number of carbonyl (C=O) groups is 1. The van der Waals surface area contributed by atoms with E-state index in [9.17, 15) is 9.90 Å². The van der Waals surface area contributed by atoms with E-state index in [0.29, 0.717) is 31.7 Å². The highest BCUT2D eigenvalue weighted by Crippen LogP contribution is 2.24. The maximum Gasteiger partial charge on any atom is 0.228 e. The van der Waals surface area contributed by atoms with Gasteiger partial charge in [0.15, 0.2) is 0 Å². The second-order valence-corrected chi connectivity index (χ2v) is 7.20. The van der Waals surface area contributed by atoms with Crippen LogP contribution in [-0.2, 0) is 24.3 Å². The van der Waals surface area contributed by atoms with Crippen LogP contribution in [0.25, 0.3) is 0 Å². The van der Waals surface area contributed by atoms with Crippen LogP contribution in [0.5, 0.6) is 0 Å². The van der Waals surface area contributed by atoms with Gasteiger partial charge in [0, 0.05) is 11.4 Å². The maximum atomic E-state index is 12.5. The van der Waals surface area contributed by atoms with Crippen molar-refractivity contribution in [2.45, 2.75) is 25.6 Å². The first-order valence-electron chi connectivity index (χ1n) is 8.30. The first-order chi connectivity index (χ1) is 12.2. The second kappa shape index (κ2) is 6.82. The van der Waals surface area contributed by atoms with Gasteiger partial charge >= 0.3 is 0 Å². The molecule has 1 N–H and O–H groups in total. The summed E-state index contributed by atoms with van der Waals surface area (Å²) in [6.07, 6.45) is -0.291. The Balaban J connectivity index is 1.48. The van der Waals surface area contributed by atoms with Gasteiger partial charge in [0.2, 0.25) is 5.91 Å². The Labute approximate surface area is 150 Å². The first kappa shape index (κ1) is 16.1. The SMILES string of the molecule is O=C(Cc1cccs1)N1CCn2nc([C@@H](O)c3ccccc3)cc2C1. The number of aliphatic hydroxyl groups excluding tert-OH is 1. The molecule has 3 aromatic rings. The Morgan fingerprint density at radius 3 is 2.80 bits per heavy atom. The van der Waals surface area contributed by atoms with E-state index in [0.717, 1.165) is 16.1 Å². The molecule has 0 saturated heterocycles. The van der Waals surface area contributed by atoms with Gasteiger partial charge in [0.1, 0.15) is 6.10 Å². The van der Waals surface area contributed by atoms with E-state index in [1.807, 2.05) is 63.5 Å². The van der Waals surface area contributed by atoms with Crippen molar-refractivity contribution < 1.29 is 9.90 Å². The lowest BCUT2D eigenvalue weighted by Gasteiger charge is -2.27. The van der Waals surface area contributed by atoms with E-state index < -0.39 is 6.10 Å². The lowest BCUT2D eigenvalue weighted by molar-refractivity contribution is -0.131. The number of aromatic nitrogens is 2. The zero-order valence-electron chi connectivity index (χ0n) is 13.7. The van der Waals surface area contributed by atoms with E-state index in [1.165, 1.54) is 0 Å². The number of benzene rings is 1. The van der Waals surface area contributed by atoms with E-state index in [-0.39, 0.29) is 5.91 Å². The molecule has 0 bridgehead atoms. The lowest BCUT2D eigenvalue weighted by atomic mass is 10.1. The van der Waals surface area contributed by atoms with Crippen molar-refractivity contribution in [2.75, 3.05) is 6.54 Å². The normalized spacial score (nSPS) is 15.0. The third-order valence-corrected chi connectivity index (χ3v) is 5.35. The van der Waals surface area contributed by atoms with Crippen molar-refractivity contribution in [2.24, 2.45) is 0 Å². The van der Waals surface area contributed by atoms with E-state index in [1.54, 1.807) is 11.3 Å². The Kier molecular flexibility index (Phi) is 4.38. The fourth-order valence-electron chi connectivity index (χ4n) is 3.12. The van der Waals surface area contributed by atoms with Crippen LogP contribution in [0.2, 0.25) is 0 Å². The fourth-order valence-corrected chi connectivity index (χ4v) is 3.81. The summed E-state index contributed by atoms with van der Waals surface area (Å²) in [4.78, 5) is 15.4. The molecule has 0 unspecified atom stereocenters. The molecule has 1 aliphatic heterocycles. The molecule has 1 aromatic carbocycles. The number of hydrogen-bond donors (Lipinski definition) is 1. The largest absolute Gasteiger partial charge is 0.382 e. The molecule has 0 radical (unpaired) electrons. The quantitative estimate of drug-likeness (QED) is 0.784. The molecule has 0 spiro atoms. The predicted molar refractivity (Wildman–Crippen MR) is 96.2 cm³/mol. The smallest absolute Gasteiger partial charge is 0.228 e. The highest BCUT2D eigenvalue weighted by molar-refractivity contribution is 7.10. The van der Waals surface area contributed by atoms with Crippen LogP contribution in [0.4, 0.5) is 0 Å². The first-order valence-corrected chi connectivity index (χ1v) is 9.18. The van der Waals surface area contributed by atoms with Crippen LogP contribution in [-0.4, -0.2) is 32.2 Å². The van der Waals surface area contributed by atoms with Crippen LogP contribution in [0.1, 0.15) is 27.9 Å². The number of amides is 1. The van der Waals surface area contributed by atoms with Crippen LogP contribution >= 0.6 is 11.3 Å². The molecule has 1 aliphatic rings. The number of hydrogen-bond acceptors (Lipinski definition) is 4. The summed E-state index contributed by atoms with van der Waals surface area (Å²) in [5.41, 5.74) is 2.42. The molecular formula is C19H19N3O2S. The van der Waals surface area contributed by atoms with Crippen LogP contribution in [0.15, 0.2) is 53.9 Å². The van der Waals surface area contributed by atoms with Gasteiger partial charge in [-0.2, -0.15) is 5.10 Å². The number of aliphatic hydroxyl groups is 1. The van der Waals surface area contributed by atoms with Crippen molar-refractivity contribution in [1.82, 2.24) is 14.7 Å². The Hall–Kier alpha value is -2.44. The van der Waals surface area contributed by atoms with E-state index in [4.69, 9.17) is 0 Å². The second-order valence-electron chi connectivity index (χ2n) is 6.17. The average molecular weight is 353 g/mol. The Morgan fingerprint density at radius 1 is 1.20 bits per heavy atom. The van der Waals surface area contributed by atoms with E-state index >= 15 is 0 Å². The molecule has 25 heavy (non-hydrogen) atoms. The molecule has 0 aliphatic carbocycles. The summed E-state index contributed by atoms with van der Waals surface area (Å²) in [5.74, 6) is 0.139. The zero-order valence-corrected chi connectivity index (χ0v) is 14.5. The predicted octanol–water partition coefficient (Wildman–Crippen LogP) is 2.61. The fraction of sp³-hybridized carbons (Fsp3) is 0.263. The van der Waals surface area contributed by atoms with Gasteiger partial charge in [-0.15, -0.1) is 11.3 Å². The van der Waals surface area contributed by atoms with Gasteiger partial charge < -0.3 is 10.0 Å². The van der Waals surface area contributed by atoms with Gasteiger partial charge in [0.05, 0.1) is 30.9 Å². The number of fused-ring (bicyclic) bond motifs is 1. The van der Waals surface area contributed by atoms with Gasteiger partial charge in [0.25, 0.3) is 0 Å². The number of nitrogens with zero attached hydrogens (tertiary/aromatic N) is 3. The third-order valence-electron chi connectivity index (χ3n) is 4.47. The molecule has 0 fully saturated rings. The van der Waals surface area contributed by atoms with Crippen LogP contribution in [0.3, 0.4) is 0 Å². The van der Waals surface area contributed by atoms with Crippen molar-refractivity contribution >= 4 is 17.2 Å². The summed E-state index contributed by atoms with van der Waals surface area (Å²) < 4.78 is 1.90. The molecule has 6 heteroatoms. The molecule has 1 atom stereocenters. The van der Waals surface area contributed by atoms with Gasteiger partial charge in [-0.25, -0.2) is 0 Å². The molecule has 4 rings (SSSR count). The van der Waals surface area contributed by atoms with Crippen molar-refractivity contribution in [1.29, 1.82) is 0 Å². The molecule has 1 amide bonds. The molecule has 2 aromatic heterocycles. The monoisotopic (exact) mass is 353 g/mol. The summed E-state index contributed by atoms with van der Waals surface area (Å²) >= 11 is 1.61. The Morgan fingerprint density at radius 2 is 2.04 bits per heavy atom. The average Bonchev–Trinajstić information content (AvgIpc) is 3.30. The zero-order chi connectivity index (χ0) is 17.2. The minimum atomic E-state index is -0.741. The summed E-state index contributed by atoms with van der Waals surface area (Å²) in [6.45, 7) is 1.85. The topological polar surface area (TPSA) is 58.4 Å². The van der Waals surface area contributed by atoms with Crippen molar-refractivity contribution in [3.8, 4) is 0 Å². The molecule has 0 saturated carbocycles. The minimum Gasteiger partial charge on any atom is -0.382 e. The summed E-state index contributed by atoms with van der Waals surface area (Å²) in [7, 11) is 0. The number of thiophene rings is 1.